The predicted octanol–water partition coefficient (Wildman–Crippen LogP) is 3.63. The minimum Gasteiger partial charge on any atom is -0.497 e. The summed E-state index contributed by atoms with van der Waals surface area (Å²) in [4.78, 5) is 4.64. The highest BCUT2D eigenvalue weighted by molar-refractivity contribution is 7.10. The van der Waals surface area contributed by atoms with Gasteiger partial charge in [-0.1, -0.05) is 13.3 Å². The Balaban J connectivity index is 2.32. The second kappa shape index (κ2) is 6.72. The topological polar surface area (TPSA) is 57.4 Å². The highest BCUT2D eigenvalue weighted by Crippen LogP contribution is 2.34. The molecule has 0 fully saturated rings. The van der Waals surface area contributed by atoms with E-state index in [1.54, 1.807) is 25.6 Å². The molecule has 1 aromatic heterocycles. The van der Waals surface area contributed by atoms with Gasteiger partial charge < -0.3 is 15.2 Å². The van der Waals surface area contributed by atoms with Crippen LogP contribution in [0.1, 0.15) is 30.8 Å². The Hall–Kier alpha value is -1.59. The minimum absolute atomic E-state index is 0.0167. The van der Waals surface area contributed by atoms with Crippen LogP contribution in [0, 0.1) is 0 Å². The summed E-state index contributed by atoms with van der Waals surface area (Å²) in [5, 5.41) is 2.99. The highest BCUT2D eigenvalue weighted by atomic mass is 32.1. The van der Waals surface area contributed by atoms with Crippen molar-refractivity contribution in [3.63, 3.8) is 0 Å². The number of hydrogen-bond acceptors (Lipinski definition) is 5. The molecule has 1 aromatic carbocycles. The van der Waals surface area contributed by atoms with Gasteiger partial charge in [-0.3, -0.25) is 0 Å². The maximum Gasteiger partial charge on any atom is 0.131 e. The van der Waals surface area contributed by atoms with Gasteiger partial charge in [0, 0.05) is 17.0 Å². The molecule has 2 aromatic rings. The molecule has 20 heavy (non-hydrogen) atoms. The van der Waals surface area contributed by atoms with E-state index >= 15 is 0 Å². The van der Waals surface area contributed by atoms with Crippen LogP contribution in [0.5, 0.6) is 11.5 Å². The van der Waals surface area contributed by atoms with Gasteiger partial charge in [0.1, 0.15) is 16.5 Å². The quantitative estimate of drug-likeness (QED) is 0.883. The maximum absolute atomic E-state index is 6.11. The second-order valence-corrected chi connectivity index (χ2v) is 5.42. The Morgan fingerprint density at radius 1 is 1.30 bits per heavy atom. The molecule has 0 saturated heterocycles. The summed E-state index contributed by atoms with van der Waals surface area (Å²) in [5.74, 6) is 1.52. The average molecular weight is 292 g/mol. The lowest BCUT2D eigenvalue weighted by molar-refractivity contribution is 0.395. The third-order valence-corrected chi connectivity index (χ3v) is 4.10. The zero-order valence-electron chi connectivity index (χ0n) is 12.1. The van der Waals surface area contributed by atoms with Crippen LogP contribution < -0.4 is 15.2 Å². The van der Waals surface area contributed by atoms with Gasteiger partial charge in [0.05, 0.1) is 26.0 Å². The van der Waals surface area contributed by atoms with E-state index in [1.807, 2.05) is 23.6 Å². The van der Waals surface area contributed by atoms with Crippen LogP contribution >= 0.6 is 11.3 Å². The van der Waals surface area contributed by atoms with Crippen LogP contribution in [-0.2, 0) is 0 Å². The van der Waals surface area contributed by atoms with Crippen LogP contribution in [0.2, 0.25) is 0 Å². The molecule has 1 unspecified atom stereocenters. The van der Waals surface area contributed by atoms with Crippen molar-refractivity contribution in [2.45, 2.75) is 25.8 Å². The second-order valence-electron chi connectivity index (χ2n) is 4.53. The third kappa shape index (κ3) is 3.11. The van der Waals surface area contributed by atoms with Crippen molar-refractivity contribution in [2.24, 2.45) is 5.73 Å². The van der Waals surface area contributed by atoms with Crippen LogP contribution in [0.3, 0.4) is 0 Å². The van der Waals surface area contributed by atoms with Gasteiger partial charge in [0.15, 0.2) is 0 Å². The van der Waals surface area contributed by atoms with Crippen molar-refractivity contribution >= 4 is 11.3 Å². The van der Waals surface area contributed by atoms with Crippen molar-refractivity contribution in [3.05, 3.63) is 28.6 Å². The van der Waals surface area contributed by atoms with E-state index in [9.17, 15) is 0 Å². The molecule has 0 radical (unpaired) electrons. The lowest BCUT2D eigenvalue weighted by Gasteiger charge is -2.09. The first-order valence-corrected chi connectivity index (χ1v) is 7.51. The van der Waals surface area contributed by atoms with Crippen LogP contribution in [0.4, 0.5) is 0 Å². The van der Waals surface area contributed by atoms with E-state index in [0.717, 1.165) is 40.6 Å². The first-order chi connectivity index (χ1) is 9.69. The van der Waals surface area contributed by atoms with Gasteiger partial charge in [0.2, 0.25) is 0 Å². The number of rotatable bonds is 6. The first kappa shape index (κ1) is 14.8. The molecule has 0 aliphatic heterocycles. The van der Waals surface area contributed by atoms with Crippen LogP contribution in [-0.4, -0.2) is 19.2 Å². The highest BCUT2D eigenvalue weighted by Gasteiger charge is 2.14. The molecule has 0 bridgehead atoms. The summed E-state index contributed by atoms with van der Waals surface area (Å²) in [7, 11) is 3.29. The van der Waals surface area contributed by atoms with E-state index in [1.165, 1.54) is 0 Å². The zero-order valence-corrected chi connectivity index (χ0v) is 12.9. The molecule has 0 aliphatic rings. The molecule has 0 spiro atoms. The Bertz CT molecular complexity index is 569. The lowest BCUT2D eigenvalue weighted by Crippen LogP contribution is -2.09. The van der Waals surface area contributed by atoms with Crippen LogP contribution in [0.15, 0.2) is 23.6 Å². The number of aromatic nitrogens is 1. The monoisotopic (exact) mass is 292 g/mol. The number of ether oxygens (including phenoxy) is 2. The van der Waals surface area contributed by atoms with Gasteiger partial charge in [-0.05, 0) is 18.6 Å². The largest absolute Gasteiger partial charge is 0.497 e. The minimum atomic E-state index is 0.0167. The number of benzene rings is 1. The van der Waals surface area contributed by atoms with Gasteiger partial charge in [-0.15, -0.1) is 11.3 Å². The molecule has 1 heterocycles. The first-order valence-electron chi connectivity index (χ1n) is 6.63. The average Bonchev–Trinajstić information content (AvgIpc) is 2.96. The number of nitrogens with two attached hydrogens (primary N) is 1. The Morgan fingerprint density at radius 2 is 2.10 bits per heavy atom. The molecule has 2 rings (SSSR count). The molecule has 108 valence electrons. The molecule has 0 aliphatic carbocycles. The number of hydrogen-bond donors (Lipinski definition) is 1. The maximum atomic E-state index is 6.11. The Morgan fingerprint density at radius 3 is 2.75 bits per heavy atom. The predicted molar refractivity (Wildman–Crippen MR) is 82.5 cm³/mol. The molecule has 2 N–H and O–H groups in total. The SMILES string of the molecule is CCCC(N)c1nc(-c2ccc(OC)cc2OC)cs1. The molecule has 0 saturated carbocycles. The van der Waals surface area contributed by atoms with Gasteiger partial charge >= 0.3 is 0 Å². The molecular formula is C15H20N2O2S. The van der Waals surface area contributed by atoms with Crippen molar-refractivity contribution in [1.29, 1.82) is 0 Å². The van der Waals surface area contributed by atoms with Crippen molar-refractivity contribution in [1.82, 2.24) is 4.98 Å². The fourth-order valence-electron chi connectivity index (χ4n) is 2.03. The van der Waals surface area contributed by atoms with E-state index in [4.69, 9.17) is 15.2 Å². The molecule has 1 atom stereocenters. The van der Waals surface area contributed by atoms with Gasteiger partial charge in [-0.2, -0.15) is 0 Å². The van der Waals surface area contributed by atoms with Crippen LogP contribution in [0.25, 0.3) is 11.3 Å². The zero-order chi connectivity index (χ0) is 14.5. The normalized spacial score (nSPS) is 12.2. The Kier molecular flexibility index (Phi) is 4.98. The summed E-state index contributed by atoms with van der Waals surface area (Å²) in [5.41, 5.74) is 7.97. The lowest BCUT2D eigenvalue weighted by atomic mass is 10.1. The smallest absolute Gasteiger partial charge is 0.131 e. The summed E-state index contributed by atoms with van der Waals surface area (Å²) in [6.45, 7) is 2.13. The standard InChI is InChI=1S/C15H20N2O2S/c1-4-5-12(16)15-17-13(9-20-15)11-7-6-10(18-2)8-14(11)19-3/h6-9,12H,4-5,16H2,1-3H3. The van der Waals surface area contributed by atoms with Crippen molar-refractivity contribution < 1.29 is 9.47 Å². The molecule has 5 heteroatoms. The summed E-state index contributed by atoms with van der Waals surface area (Å²) in [6, 6.07) is 5.74. The van der Waals surface area contributed by atoms with E-state index in [0.29, 0.717) is 0 Å². The number of nitrogens with zero attached hydrogens (tertiary/aromatic N) is 1. The molecule has 4 nitrogen and oxygen atoms in total. The van der Waals surface area contributed by atoms with E-state index < -0.39 is 0 Å². The summed E-state index contributed by atoms with van der Waals surface area (Å²) in [6.07, 6.45) is 2.01. The molecular weight excluding hydrogens is 272 g/mol. The van der Waals surface area contributed by atoms with Crippen molar-refractivity contribution in [2.75, 3.05) is 14.2 Å². The third-order valence-electron chi connectivity index (χ3n) is 3.12. The van der Waals surface area contributed by atoms with Crippen molar-refractivity contribution in [3.8, 4) is 22.8 Å². The number of methoxy groups -OCH3 is 2. The Labute approximate surface area is 123 Å². The fraction of sp³-hybridized carbons (Fsp3) is 0.400. The molecule has 0 amide bonds. The summed E-state index contributed by atoms with van der Waals surface area (Å²) >= 11 is 1.60. The van der Waals surface area contributed by atoms with Gasteiger partial charge in [0.25, 0.3) is 0 Å². The van der Waals surface area contributed by atoms with E-state index in [2.05, 4.69) is 11.9 Å². The summed E-state index contributed by atoms with van der Waals surface area (Å²) < 4.78 is 10.6. The van der Waals surface area contributed by atoms with E-state index in [-0.39, 0.29) is 6.04 Å². The fourth-order valence-corrected chi connectivity index (χ4v) is 2.88. The number of thiazole rings is 1. The van der Waals surface area contributed by atoms with Gasteiger partial charge in [-0.25, -0.2) is 4.98 Å².